The van der Waals surface area contributed by atoms with E-state index in [9.17, 15) is 8.42 Å². The normalized spacial score (nSPS) is 22.6. The summed E-state index contributed by atoms with van der Waals surface area (Å²) in [5.74, 6) is 0. The summed E-state index contributed by atoms with van der Waals surface area (Å²) in [7, 11) is -3.08. The average molecular weight is 266 g/mol. The first-order valence-corrected chi connectivity index (χ1v) is 8.35. The minimum absolute atomic E-state index is 0.0863. The van der Waals surface area contributed by atoms with Crippen LogP contribution >= 0.6 is 11.8 Å². The van der Waals surface area contributed by atoms with Crippen LogP contribution in [0.25, 0.3) is 0 Å². The second kappa shape index (κ2) is 5.25. The van der Waals surface area contributed by atoms with Crippen LogP contribution in [0.1, 0.15) is 26.7 Å². The third-order valence-corrected chi connectivity index (χ3v) is 7.11. The molecule has 0 bridgehead atoms. The van der Waals surface area contributed by atoms with Crippen molar-refractivity contribution in [3.8, 4) is 0 Å². The van der Waals surface area contributed by atoms with Crippen molar-refractivity contribution in [2.75, 3.05) is 25.9 Å². The molecule has 1 aliphatic rings. The fourth-order valence-electron chi connectivity index (χ4n) is 1.94. The molecule has 1 fully saturated rings. The van der Waals surface area contributed by atoms with Crippen molar-refractivity contribution >= 4 is 21.8 Å². The number of sulfonamides is 1. The number of rotatable bonds is 4. The SMILES string of the molecule is CSC1(CN)CCN(S(=O)(=O)C(C)C)CC1. The van der Waals surface area contributed by atoms with Crippen LogP contribution in [0.3, 0.4) is 0 Å². The third kappa shape index (κ3) is 2.72. The highest BCUT2D eigenvalue weighted by atomic mass is 32.2. The Morgan fingerprint density at radius 2 is 1.88 bits per heavy atom. The minimum atomic E-state index is -3.08. The molecule has 1 rings (SSSR count). The van der Waals surface area contributed by atoms with E-state index in [1.54, 1.807) is 29.9 Å². The summed E-state index contributed by atoms with van der Waals surface area (Å²) in [5.41, 5.74) is 5.77. The molecule has 0 aromatic rings. The molecule has 0 saturated carbocycles. The lowest BCUT2D eigenvalue weighted by Gasteiger charge is -2.39. The van der Waals surface area contributed by atoms with E-state index >= 15 is 0 Å². The second-order valence-corrected chi connectivity index (χ2v) is 8.35. The van der Waals surface area contributed by atoms with Gasteiger partial charge in [-0.1, -0.05) is 0 Å². The van der Waals surface area contributed by atoms with Crippen LogP contribution in [0.5, 0.6) is 0 Å². The Morgan fingerprint density at radius 3 is 2.19 bits per heavy atom. The van der Waals surface area contributed by atoms with Gasteiger partial charge in [-0.3, -0.25) is 0 Å². The third-order valence-electron chi connectivity index (χ3n) is 3.39. The second-order valence-electron chi connectivity index (χ2n) is 4.58. The maximum absolute atomic E-state index is 12.0. The quantitative estimate of drug-likeness (QED) is 0.820. The fourth-order valence-corrected chi connectivity index (χ4v) is 3.98. The van der Waals surface area contributed by atoms with Gasteiger partial charge in [0, 0.05) is 24.4 Å². The maximum atomic E-state index is 12.0. The summed E-state index contributed by atoms with van der Waals surface area (Å²) in [4.78, 5) is 0. The van der Waals surface area contributed by atoms with E-state index in [0.717, 1.165) is 12.8 Å². The average Bonchev–Trinajstić information content (AvgIpc) is 2.29. The molecular formula is C10H22N2O2S2. The van der Waals surface area contributed by atoms with Crippen molar-refractivity contribution in [2.24, 2.45) is 5.73 Å². The molecule has 0 aliphatic carbocycles. The minimum Gasteiger partial charge on any atom is -0.329 e. The molecule has 6 heteroatoms. The van der Waals surface area contributed by atoms with Crippen molar-refractivity contribution in [1.82, 2.24) is 4.31 Å². The van der Waals surface area contributed by atoms with E-state index in [1.165, 1.54) is 0 Å². The van der Waals surface area contributed by atoms with Crippen LogP contribution in [0.2, 0.25) is 0 Å². The highest BCUT2D eigenvalue weighted by Gasteiger charge is 2.37. The Hall–Kier alpha value is 0.220. The summed E-state index contributed by atoms with van der Waals surface area (Å²) in [6, 6.07) is 0. The highest BCUT2D eigenvalue weighted by molar-refractivity contribution is 8.00. The van der Waals surface area contributed by atoms with Gasteiger partial charge in [0.2, 0.25) is 10.0 Å². The van der Waals surface area contributed by atoms with Crippen LogP contribution < -0.4 is 5.73 Å². The summed E-state index contributed by atoms with van der Waals surface area (Å²) in [6.07, 6.45) is 3.77. The zero-order chi connectivity index (χ0) is 12.4. The van der Waals surface area contributed by atoms with Gasteiger partial charge in [-0.2, -0.15) is 11.8 Å². The Balaban J connectivity index is 2.69. The van der Waals surface area contributed by atoms with Crippen molar-refractivity contribution in [1.29, 1.82) is 0 Å². The van der Waals surface area contributed by atoms with Crippen molar-refractivity contribution in [3.05, 3.63) is 0 Å². The topological polar surface area (TPSA) is 63.4 Å². The molecule has 1 saturated heterocycles. The monoisotopic (exact) mass is 266 g/mol. The van der Waals surface area contributed by atoms with E-state index in [2.05, 4.69) is 6.26 Å². The predicted molar refractivity (Wildman–Crippen MR) is 70.2 cm³/mol. The first-order valence-electron chi connectivity index (χ1n) is 5.62. The highest BCUT2D eigenvalue weighted by Crippen LogP contribution is 2.34. The molecule has 0 aromatic heterocycles. The molecule has 1 aliphatic heterocycles. The van der Waals surface area contributed by atoms with Gasteiger partial charge >= 0.3 is 0 Å². The predicted octanol–water partition coefficient (Wildman–Crippen LogP) is 0.881. The Morgan fingerprint density at radius 1 is 1.38 bits per heavy atom. The lowest BCUT2D eigenvalue weighted by molar-refractivity contribution is 0.299. The van der Waals surface area contributed by atoms with E-state index in [4.69, 9.17) is 5.73 Å². The summed E-state index contributed by atoms with van der Waals surface area (Å²) < 4.78 is 25.6. The van der Waals surface area contributed by atoms with Crippen LogP contribution in [-0.4, -0.2) is 48.6 Å². The number of thioether (sulfide) groups is 1. The van der Waals surface area contributed by atoms with Crippen LogP contribution in [0.4, 0.5) is 0 Å². The summed E-state index contributed by atoms with van der Waals surface area (Å²) in [6.45, 7) is 5.31. The Bertz CT molecular complexity index is 314. The lowest BCUT2D eigenvalue weighted by Crippen LogP contribution is -2.49. The van der Waals surface area contributed by atoms with Gasteiger partial charge in [-0.25, -0.2) is 12.7 Å². The molecule has 2 N–H and O–H groups in total. The molecular weight excluding hydrogens is 244 g/mol. The molecule has 0 amide bonds. The molecule has 1 heterocycles. The van der Waals surface area contributed by atoms with Gasteiger partial charge in [0.15, 0.2) is 0 Å². The first kappa shape index (κ1) is 14.3. The van der Waals surface area contributed by atoms with Crippen LogP contribution in [-0.2, 0) is 10.0 Å². The van der Waals surface area contributed by atoms with Gasteiger partial charge in [-0.15, -0.1) is 0 Å². The standard InChI is InChI=1S/C10H22N2O2S2/c1-9(2)16(13,14)12-6-4-10(8-11,15-3)5-7-12/h9H,4-8,11H2,1-3H3. The molecule has 16 heavy (non-hydrogen) atoms. The number of hydrogen-bond acceptors (Lipinski definition) is 4. The van der Waals surface area contributed by atoms with Gasteiger partial charge in [0.1, 0.15) is 0 Å². The molecule has 0 spiro atoms. The smallest absolute Gasteiger partial charge is 0.216 e. The van der Waals surface area contributed by atoms with E-state index in [-0.39, 0.29) is 10.00 Å². The van der Waals surface area contributed by atoms with Crippen LogP contribution in [0, 0.1) is 0 Å². The number of nitrogens with two attached hydrogens (primary N) is 1. The van der Waals surface area contributed by atoms with Gasteiger partial charge in [0.25, 0.3) is 0 Å². The first-order chi connectivity index (χ1) is 7.38. The molecule has 0 aromatic carbocycles. The number of piperidine rings is 1. The lowest BCUT2D eigenvalue weighted by atomic mass is 9.97. The zero-order valence-corrected chi connectivity index (χ0v) is 11.9. The van der Waals surface area contributed by atoms with E-state index in [0.29, 0.717) is 19.6 Å². The Kier molecular flexibility index (Phi) is 4.68. The van der Waals surface area contributed by atoms with E-state index < -0.39 is 10.0 Å². The summed E-state index contributed by atoms with van der Waals surface area (Å²) in [5, 5.41) is -0.327. The van der Waals surface area contributed by atoms with Crippen molar-refractivity contribution in [3.63, 3.8) is 0 Å². The molecule has 0 unspecified atom stereocenters. The van der Waals surface area contributed by atoms with Crippen LogP contribution in [0.15, 0.2) is 0 Å². The Labute approximate surface area is 103 Å². The number of nitrogens with zero attached hydrogens (tertiary/aromatic N) is 1. The van der Waals surface area contributed by atoms with E-state index in [1.807, 2.05) is 0 Å². The molecule has 0 atom stereocenters. The summed E-state index contributed by atoms with van der Waals surface area (Å²) >= 11 is 1.77. The van der Waals surface area contributed by atoms with Gasteiger partial charge < -0.3 is 5.73 Å². The van der Waals surface area contributed by atoms with Gasteiger partial charge in [0.05, 0.1) is 5.25 Å². The molecule has 4 nitrogen and oxygen atoms in total. The largest absolute Gasteiger partial charge is 0.329 e. The fraction of sp³-hybridized carbons (Fsp3) is 1.00. The van der Waals surface area contributed by atoms with Crippen molar-refractivity contribution < 1.29 is 8.42 Å². The molecule has 0 radical (unpaired) electrons. The van der Waals surface area contributed by atoms with Gasteiger partial charge in [-0.05, 0) is 32.9 Å². The zero-order valence-electron chi connectivity index (χ0n) is 10.3. The maximum Gasteiger partial charge on any atom is 0.216 e. The molecule has 96 valence electrons. The van der Waals surface area contributed by atoms with Crippen molar-refractivity contribution in [2.45, 2.75) is 36.7 Å². The number of hydrogen-bond donors (Lipinski definition) is 1.